The van der Waals surface area contributed by atoms with E-state index in [0.717, 1.165) is 12.3 Å². The molecule has 92 valence electrons. The van der Waals surface area contributed by atoms with Crippen molar-refractivity contribution in [2.75, 3.05) is 0 Å². The van der Waals surface area contributed by atoms with Gasteiger partial charge in [0.05, 0.1) is 9.27 Å². The summed E-state index contributed by atoms with van der Waals surface area (Å²) in [6.07, 6.45) is 0.995. The first-order chi connectivity index (χ1) is 7.05. The van der Waals surface area contributed by atoms with Crippen molar-refractivity contribution in [2.24, 2.45) is 0 Å². The summed E-state index contributed by atoms with van der Waals surface area (Å²) in [4.78, 5) is -0.0833. The monoisotopic (exact) mass is 265 g/mol. The molecule has 0 atom stereocenters. The fourth-order valence-electron chi connectivity index (χ4n) is 0.403. The molecule has 0 unspecified atom stereocenters. The molecular weight excluding hydrogens is 261 g/mol. The highest BCUT2D eigenvalue weighted by molar-refractivity contribution is 7.86. The number of alkyl halides is 3. The number of halogens is 5. The summed E-state index contributed by atoms with van der Waals surface area (Å²) < 4.78 is 82.7. The summed E-state index contributed by atoms with van der Waals surface area (Å²) >= 11 is 0. The molecule has 0 aliphatic rings. The first kappa shape index (κ1) is 14.7. The van der Waals surface area contributed by atoms with Gasteiger partial charge in [0.15, 0.2) is 10.1 Å². The molecule has 0 radical (unpaired) electrons. The highest BCUT2D eigenvalue weighted by atomic mass is 32.2. The zero-order chi connectivity index (χ0) is 13.0. The highest BCUT2D eigenvalue weighted by Crippen LogP contribution is 2.20. The molecule has 1 aromatic rings. The van der Waals surface area contributed by atoms with E-state index in [1.165, 1.54) is 12.1 Å². The fraction of sp³-hybridized carbons (Fsp3) is 0.167. The normalized spacial score (nSPS) is 11.6. The Morgan fingerprint density at radius 3 is 1.88 bits per heavy atom. The van der Waals surface area contributed by atoms with Crippen LogP contribution in [0.25, 0.3) is 0 Å². The smallest absolute Gasteiger partial charge is 0.485 e. The van der Waals surface area contributed by atoms with Crippen LogP contribution in [0.4, 0.5) is 22.0 Å². The van der Waals surface area contributed by atoms with Crippen molar-refractivity contribution >= 4 is 10.1 Å². The molecule has 0 saturated heterocycles. The minimum absolute atomic E-state index is 0.0833. The van der Waals surface area contributed by atoms with Gasteiger partial charge in [-0.25, -0.2) is 8.42 Å². The molecule has 1 rings (SSSR count). The Morgan fingerprint density at radius 2 is 1.69 bits per heavy atom. The van der Waals surface area contributed by atoms with Crippen LogP contribution >= 0.6 is 0 Å². The third-order valence-electron chi connectivity index (χ3n) is 1.05. The molecule has 1 heterocycles. The lowest BCUT2D eigenvalue weighted by Crippen LogP contribution is -2.25. The molecule has 16 heavy (non-hydrogen) atoms. The van der Waals surface area contributed by atoms with Crippen LogP contribution in [0.5, 0.6) is 0 Å². The van der Waals surface area contributed by atoms with Crippen LogP contribution in [0.15, 0.2) is 24.4 Å². The van der Waals surface area contributed by atoms with Gasteiger partial charge in [-0.3, -0.25) is 0 Å². The summed E-state index contributed by atoms with van der Waals surface area (Å²) in [6.45, 7) is 0. The summed E-state index contributed by atoms with van der Waals surface area (Å²) in [5.41, 5.74) is -5.65. The van der Waals surface area contributed by atoms with Crippen molar-refractivity contribution in [2.45, 2.75) is 5.51 Å². The van der Waals surface area contributed by atoms with Gasteiger partial charge in [0.25, 0.3) is 0 Å². The number of aromatic nitrogens is 1. The molecule has 0 fully saturated rings. The molecule has 0 aliphatic heterocycles. The maximum absolute atomic E-state index is 11.9. The molecule has 0 spiro atoms. The Labute approximate surface area is 86.6 Å². The number of hydrogen-bond acceptors (Lipinski definition) is 3. The zero-order valence-corrected chi connectivity index (χ0v) is 8.10. The fourth-order valence-corrected chi connectivity index (χ4v) is 0.403. The molecule has 0 aromatic carbocycles. The number of hydrogen-bond donors (Lipinski definition) is 0. The van der Waals surface area contributed by atoms with Crippen LogP contribution in [0.3, 0.4) is 0 Å². The van der Waals surface area contributed by atoms with Gasteiger partial charge in [-0.2, -0.15) is 13.2 Å². The lowest BCUT2D eigenvalue weighted by atomic mass is 10.5. The molecule has 0 N–H and O–H groups in total. The molecule has 10 heteroatoms. The molecule has 4 nitrogen and oxygen atoms in total. The lowest BCUT2D eigenvalue weighted by Gasteiger charge is -2.08. The van der Waals surface area contributed by atoms with Crippen molar-refractivity contribution in [3.8, 4) is 0 Å². The van der Waals surface area contributed by atoms with Crippen LogP contribution < -0.4 is 4.79 Å². The van der Waals surface area contributed by atoms with Gasteiger partial charge in [0, 0.05) is 12.1 Å². The molecule has 0 saturated carbocycles. The van der Waals surface area contributed by atoms with Crippen molar-refractivity contribution in [1.29, 1.82) is 0 Å². The molecule has 0 bridgehead atoms. The molecule has 0 amide bonds. The van der Waals surface area contributed by atoms with Crippen LogP contribution in [-0.2, 0) is 10.1 Å². The van der Waals surface area contributed by atoms with E-state index in [1.807, 2.05) is 0 Å². The lowest BCUT2D eigenvalue weighted by molar-refractivity contribution is -0.865. The Balaban J connectivity index is 0.000000281. The molecule has 0 aliphatic carbocycles. The molecular formula is C6H4F5NO3S. The van der Waals surface area contributed by atoms with Crippen LogP contribution in [-0.4, -0.2) is 18.5 Å². The van der Waals surface area contributed by atoms with E-state index in [9.17, 15) is 22.0 Å². The summed E-state index contributed by atoms with van der Waals surface area (Å²) in [6, 6.07) is 3.87. The van der Waals surface area contributed by atoms with Gasteiger partial charge in [-0.05, 0) is 6.07 Å². The number of pyridine rings is 1. The van der Waals surface area contributed by atoms with E-state index in [0.29, 0.717) is 0 Å². The molecule has 1 aromatic heterocycles. The van der Waals surface area contributed by atoms with E-state index >= 15 is 0 Å². The minimum atomic E-state index is -6.09. The van der Waals surface area contributed by atoms with Gasteiger partial charge < -0.3 is 4.55 Å². The zero-order valence-electron chi connectivity index (χ0n) is 7.28. The Bertz CT molecular complexity index is 423. The standard InChI is InChI=1S/C5H4F2N.CHF3O3S/c6-5-3-1-2-4-8(5)7;2-1(3,4)8(5,6)7/h1-4H;(H,5,6,7)/q+1;/p-1. The second-order valence-electron chi connectivity index (χ2n) is 2.23. The van der Waals surface area contributed by atoms with Crippen LogP contribution in [0.1, 0.15) is 0 Å². The SMILES string of the molecule is Fc1cccc[n+]1F.O=S(=O)([O-])C(F)(F)F. The van der Waals surface area contributed by atoms with E-state index in [1.54, 1.807) is 0 Å². The highest BCUT2D eigenvalue weighted by Gasteiger charge is 2.36. The van der Waals surface area contributed by atoms with Gasteiger partial charge in [0.1, 0.15) is 0 Å². The second-order valence-corrected chi connectivity index (χ2v) is 3.61. The van der Waals surface area contributed by atoms with E-state index < -0.39 is 21.6 Å². The second kappa shape index (κ2) is 5.16. The van der Waals surface area contributed by atoms with Gasteiger partial charge in [-0.1, -0.05) is 0 Å². The van der Waals surface area contributed by atoms with Crippen LogP contribution in [0.2, 0.25) is 0 Å². The Hall–Kier alpha value is -1.29. The maximum atomic E-state index is 11.9. The quantitative estimate of drug-likeness (QED) is 0.303. The van der Waals surface area contributed by atoms with E-state index in [-0.39, 0.29) is 4.79 Å². The predicted octanol–water partition coefficient (Wildman–Crippen LogP) is 0.897. The van der Waals surface area contributed by atoms with Crippen molar-refractivity contribution in [3.63, 3.8) is 0 Å². The summed E-state index contributed by atoms with van der Waals surface area (Å²) in [7, 11) is -6.09. The third kappa shape index (κ3) is 4.98. The Morgan fingerprint density at radius 1 is 1.25 bits per heavy atom. The maximum Gasteiger partial charge on any atom is 0.485 e. The summed E-state index contributed by atoms with van der Waals surface area (Å²) in [5, 5.41) is 0. The van der Waals surface area contributed by atoms with Gasteiger partial charge >= 0.3 is 11.5 Å². The predicted molar refractivity (Wildman–Crippen MR) is 38.9 cm³/mol. The number of rotatable bonds is 0. The first-order valence-electron chi connectivity index (χ1n) is 3.40. The van der Waals surface area contributed by atoms with Crippen molar-refractivity contribution in [1.82, 2.24) is 0 Å². The largest absolute Gasteiger partial charge is 0.741 e. The van der Waals surface area contributed by atoms with E-state index in [2.05, 4.69) is 0 Å². The van der Waals surface area contributed by atoms with Crippen LogP contribution in [0, 0.1) is 5.95 Å². The number of nitrogens with zero attached hydrogens (tertiary/aromatic N) is 1. The minimum Gasteiger partial charge on any atom is -0.741 e. The average molecular weight is 265 g/mol. The average Bonchev–Trinajstić information content (AvgIpc) is 2.08. The summed E-state index contributed by atoms with van der Waals surface area (Å²) in [5.74, 6) is -0.882. The third-order valence-corrected chi connectivity index (χ3v) is 1.62. The van der Waals surface area contributed by atoms with Gasteiger partial charge in [-0.15, -0.1) is 4.39 Å². The van der Waals surface area contributed by atoms with E-state index in [4.69, 9.17) is 13.0 Å². The van der Waals surface area contributed by atoms with Crippen molar-refractivity contribution in [3.05, 3.63) is 30.3 Å². The topological polar surface area (TPSA) is 61.1 Å². The Kier molecular flexibility index (Phi) is 4.75. The van der Waals surface area contributed by atoms with Crippen molar-refractivity contribution < 1.29 is 39.8 Å². The first-order valence-corrected chi connectivity index (χ1v) is 4.81. The van der Waals surface area contributed by atoms with Gasteiger partial charge in [0.2, 0.25) is 6.20 Å².